The lowest BCUT2D eigenvalue weighted by atomic mass is 10.2. The Kier molecular flexibility index (Phi) is 3.30. The first kappa shape index (κ1) is 10.8. The number of carbonyl (C=O) groups is 1. The molecular weight excluding hydrogens is 206 g/mol. The van der Waals surface area contributed by atoms with Crippen molar-refractivity contribution in [1.29, 1.82) is 0 Å². The van der Waals surface area contributed by atoms with Gasteiger partial charge in [-0.15, -0.1) is 0 Å². The van der Waals surface area contributed by atoms with Crippen LogP contribution in [0.2, 0.25) is 5.15 Å². The van der Waals surface area contributed by atoms with Crippen LogP contribution < -0.4 is 4.74 Å². The van der Waals surface area contributed by atoms with Gasteiger partial charge in [-0.3, -0.25) is 0 Å². The summed E-state index contributed by atoms with van der Waals surface area (Å²) < 4.78 is 9.60. The molecule has 0 atom stereocenters. The molecule has 0 N–H and O–H groups in total. The van der Waals surface area contributed by atoms with E-state index in [1.807, 2.05) is 0 Å². The molecule has 1 rings (SSSR count). The van der Waals surface area contributed by atoms with Crippen molar-refractivity contribution in [3.05, 3.63) is 22.5 Å². The summed E-state index contributed by atoms with van der Waals surface area (Å²) in [5.74, 6) is -0.113. The molecule has 1 aromatic heterocycles. The van der Waals surface area contributed by atoms with E-state index in [4.69, 9.17) is 16.3 Å². The maximum Gasteiger partial charge on any atom is 0.343 e. The molecule has 1 aromatic rings. The summed E-state index contributed by atoms with van der Waals surface area (Å²) >= 11 is 5.71. The minimum Gasteiger partial charge on any atom is -0.496 e. The molecular formula is C9H10ClNO3. The van der Waals surface area contributed by atoms with Gasteiger partial charge in [0.05, 0.1) is 19.9 Å². The van der Waals surface area contributed by atoms with Crippen LogP contribution in [0, 0.1) is 6.92 Å². The van der Waals surface area contributed by atoms with E-state index in [1.165, 1.54) is 20.3 Å². The van der Waals surface area contributed by atoms with Crippen molar-refractivity contribution in [3.8, 4) is 5.75 Å². The van der Waals surface area contributed by atoms with Gasteiger partial charge >= 0.3 is 5.97 Å². The normalized spacial score (nSPS) is 9.71. The molecule has 0 aromatic carbocycles. The molecule has 0 aliphatic carbocycles. The highest BCUT2D eigenvalue weighted by atomic mass is 35.5. The summed E-state index contributed by atoms with van der Waals surface area (Å²) in [4.78, 5) is 15.3. The second-order valence-electron chi connectivity index (χ2n) is 2.60. The lowest BCUT2D eigenvalue weighted by Crippen LogP contribution is -2.08. The first-order valence-corrected chi connectivity index (χ1v) is 4.27. The van der Waals surface area contributed by atoms with E-state index in [0.717, 1.165) is 0 Å². The molecule has 0 aliphatic heterocycles. The lowest BCUT2D eigenvalue weighted by molar-refractivity contribution is 0.0595. The predicted octanol–water partition coefficient (Wildman–Crippen LogP) is 1.84. The van der Waals surface area contributed by atoms with Crippen LogP contribution in [0.3, 0.4) is 0 Å². The third-order valence-electron chi connectivity index (χ3n) is 1.74. The molecule has 1 heterocycles. The van der Waals surface area contributed by atoms with E-state index in [0.29, 0.717) is 17.0 Å². The van der Waals surface area contributed by atoms with E-state index >= 15 is 0 Å². The fourth-order valence-electron chi connectivity index (χ4n) is 1.12. The monoisotopic (exact) mass is 215 g/mol. The number of ether oxygens (including phenoxy) is 2. The summed E-state index contributed by atoms with van der Waals surface area (Å²) in [6, 6.07) is 1.47. The predicted molar refractivity (Wildman–Crippen MR) is 51.9 cm³/mol. The van der Waals surface area contributed by atoms with Gasteiger partial charge in [0.2, 0.25) is 0 Å². The number of nitrogens with zero attached hydrogens (tertiary/aromatic N) is 1. The molecule has 0 saturated carbocycles. The largest absolute Gasteiger partial charge is 0.496 e. The Balaban J connectivity index is 3.32. The van der Waals surface area contributed by atoms with Gasteiger partial charge in [0.25, 0.3) is 0 Å². The van der Waals surface area contributed by atoms with Crippen molar-refractivity contribution in [2.75, 3.05) is 14.2 Å². The van der Waals surface area contributed by atoms with Crippen LogP contribution in [0.5, 0.6) is 5.75 Å². The van der Waals surface area contributed by atoms with Crippen molar-refractivity contribution in [3.63, 3.8) is 0 Å². The molecule has 0 radical (unpaired) electrons. The van der Waals surface area contributed by atoms with Crippen LogP contribution in [0.25, 0.3) is 0 Å². The molecule has 0 amide bonds. The molecule has 76 valence electrons. The smallest absolute Gasteiger partial charge is 0.343 e. The highest BCUT2D eigenvalue weighted by Gasteiger charge is 2.17. The van der Waals surface area contributed by atoms with Crippen molar-refractivity contribution in [2.24, 2.45) is 0 Å². The Labute approximate surface area is 86.8 Å². The highest BCUT2D eigenvalue weighted by molar-refractivity contribution is 6.29. The highest BCUT2D eigenvalue weighted by Crippen LogP contribution is 2.24. The third kappa shape index (κ3) is 1.96. The molecule has 0 unspecified atom stereocenters. The van der Waals surface area contributed by atoms with Gasteiger partial charge in [0.15, 0.2) is 0 Å². The maximum atomic E-state index is 11.3. The molecule has 5 heteroatoms. The number of methoxy groups -OCH3 is 2. The summed E-state index contributed by atoms with van der Waals surface area (Å²) in [5, 5.41) is 0.284. The van der Waals surface area contributed by atoms with E-state index < -0.39 is 5.97 Å². The quantitative estimate of drug-likeness (QED) is 0.558. The fraction of sp³-hybridized carbons (Fsp3) is 0.333. The Bertz CT molecular complexity index is 365. The van der Waals surface area contributed by atoms with Crippen LogP contribution in [0.4, 0.5) is 0 Å². The first-order chi connectivity index (χ1) is 6.60. The van der Waals surface area contributed by atoms with Crippen LogP contribution >= 0.6 is 11.6 Å². The second-order valence-corrected chi connectivity index (χ2v) is 2.99. The number of carbonyl (C=O) groups excluding carboxylic acids is 1. The zero-order chi connectivity index (χ0) is 10.7. The maximum absolute atomic E-state index is 11.3. The Morgan fingerprint density at radius 2 is 2.14 bits per heavy atom. The van der Waals surface area contributed by atoms with Crippen LogP contribution in [-0.2, 0) is 4.74 Å². The molecule has 0 spiro atoms. The van der Waals surface area contributed by atoms with Crippen LogP contribution in [-0.4, -0.2) is 25.2 Å². The summed E-state index contributed by atoms with van der Waals surface area (Å²) in [6.45, 7) is 1.67. The average molecular weight is 216 g/mol. The lowest BCUT2D eigenvalue weighted by Gasteiger charge is -2.09. The molecule has 14 heavy (non-hydrogen) atoms. The Hall–Kier alpha value is -1.29. The van der Waals surface area contributed by atoms with E-state index in [2.05, 4.69) is 9.72 Å². The average Bonchev–Trinajstić information content (AvgIpc) is 2.15. The third-order valence-corrected chi connectivity index (χ3v) is 1.94. The van der Waals surface area contributed by atoms with E-state index in [9.17, 15) is 4.79 Å². The first-order valence-electron chi connectivity index (χ1n) is 3.89. The topological polar surface area (TPSA) is 48.4 Å². The number of pyridine rings is 1. The number of halogens is 1. The van der Waals surface area contributed by atoms with Gasteiger partial charge in [-0.2, -0.15) is 0 Å². The number of aryl methyl sites for hydroxylation is 1. The number of rotatable bonds is 2. The zero-order valence-corrected chi connectivity index (χ0v) is 8.88. The van der Waals surface area contributed by atoms with Crippen molar-refractivity contribution in [1.82, 2.24) is 4.98 Å². The molecule has 0 saturated heterocycles. The Morgan fingerprint density at radius 3 is 2.64 bits per heavy atom. The molecule has 0 fully saturated rings. The van der Waals surface area contributed by atoms with E-state index in [-0.39, 0.29) is 5.15 Å². The van der Waals surface area contributed by atoms with Gasteiger partial charge in [-0.25, -0.2) is 9.78 Å². The van der Waals surface area contributed by atoms with Crippen molar-refractivity contribution < 1.29 is 14.3 Å². The number of hydrogen-bond acceptors (Lipinski definition) is 4. The zero-order valence-electron chi connectivity index (χ0n) is 8.13. The van der Waals surface area contributed by atoms with Crippen molar-refractivity contribution >= 4 is 17.6 Å². The van der Waals surface area contributed by atoms with Crippen LogP contribution in [0.1, 0.15) is 16.1 Å². The van der Waals surface area contributed by atoms with Gasteiger partial charge in [0.1, 0.15) is 16.5 Å². The molecule has 0 bridgehead atoms. The molecule has 0 aliphatic rings. The standard InChI is InChI=1S/C9H10ClNO3/c1-5-8(9(12)14-3)6(13-2)4-7(10)11-5/h4H,1-3H3. The summed E-state index contributed by atoms with van der Waals surface area (Å²) in [5.41, 5.74) is 0.792. The molecule has 4 nitrogen and oxygen atoms in total. The minimum atomic E-state index is -0.483. The fourth-order valence-corrected chi connectivity index (χ4v) is 1.34. The van der Waals surface area contributed by atoms with Gasteiger partial charge in [0, 0.05) is 6.07 Å². The van der Waals surface area contributed by atoms with Crippen LogP contribution in [0.15, 0.2) is 6.07 Å². The van der Waals surface area contributed by atoms with Gasteiger partial charge in [-0.1, -0.05) is 11.6 Å². The number of aromatic nitrogens is 1. The van der Waals surface area contributed by atoms with Crippen molar-refractivity contribution in [2.45, 2.75) is 6.92 Å². The number of esters is 1. The minimum absolute atomic E-state index is 0.284. The number of hydrogen-bond donors (Lipinski definition) is 0. The SMILES string of the molecule is COC(=O)c1c(OC)cc(Cl)nc1C. The second kappa shape index (κ2) is 4.28. The van der Waals surface area contributed by atoms with E-state index in [1.54, 1.807) is 6.92 Å². The van der Waals surface area contributed by atoms with Gasteiger partial charge < -0.3 is 9.47 Å². The van der Waals surface area contributed by atoms with Gasteiger partial charge in [-0.05, 0) is 6.92 Å². The summed E-state index contributed by atoms with van der Waals surface area (Å²) in [7, 11) is 2.76. The Morgan fingerprint density at radius 1 is 1.50 bits per heavy atom. The summed E-state index contributed by atoms with van der Waals surface area (Å²) in [6.07, 6.45) is 0.